The van der Waals surface area contributed by atoms with E-state index < -0.39 is 29.6 Å². The van der Waals surface area contributed by atoms with Crippen LogP contribution in [-0.4, -0.2) is 26.2 Å². The maximum atomic E-state index is 12.8. The third-order valence-electron chi connectivity index (χ3n) is 7.27. The van der Waals surface area contributed by atoms with Crippen molar-refractivity contribution in [2.45, 2.75) is 38.9 Å². The lowest BCUT2D eigenvalue weighted by atomic mass is 9.98. The molecule has 4 aromatic carbocycles. The van der Waals surface area contributed by atoms with Crippen LogP contribution >= 0.6 is 0 Å². The minimum absolute atomic E-state index is 0.0220. The molecule has 0 amide bonds. The van der Waals surface area contributed by atoms with Gasteiger partial charge in [0.2, 0.25) is 0 Å². The van der Waals surface area contributed by atoms with Gasteiger partial charge in [-0.1, -0.05) is 48.5 Å². The minimum Gasteiger partial charge on any atom is -0.497 e. The summed E-state index contributed by atoms with van der Waals surface area (Å²) in [5, 5.41) is 3.87. The molecule has 1 aromatic heterocycles. The van der Waals surface area contributed by atoms with Crippen molar-refractivity contribution in [1.82, 2.24) is 0 Å². The molecule has 0 saturated carbocycles. The Balaban J connectivity index is 1.20. The molecular weight excluding hydrogens is 540 g/mol. The molecule has 5 aromatic rings. The van der Waals surface area contributed by atoms with Crippen molar-refractivity contribution >= 4 is 33.5 Å². The van der Waals surface area contributed by atoms with E-state index in [0.29, 0.717) is 0 Å². The SMILES string of the molecule is COc1ccc2cc(C(C)C(=O)OCc3oc(=O)oc3COC(=O)C(C)c3ccc4cc(OC)ccc4c3)ccc2c1. The van der Waals surface area contributed by atoms with Gasteiger partial charge in [0, 0.05) is 0 Å². The van der Waals surface area contributed by atoms with E-state index in [4.69, 9.17) is 27.8 Å². The topological polar surface area (TPSA) is 114 Å². The van der Waals surface area contributed by atoms with Crippen molar-refractivity contribution in [1.29, 1.82) is 0 Å². The number of hydrogen-bond acceptors (Lipinski definition) is 9. The molecule has 0 spiro atoms. The number of rotatable bonds is 10. The predicted octanol–water partition coefficient (Wildman–Crippen LogP) is 6.25. The lowest BCUT2D eigenvalue weighted by Crippen LogP contribution is -2.15. The van der Waals surface area contributed by atoms with Gasteiger partial charge in [-0.3, -0.25) is 9.59 Å². The highest BCUT2D eigenvalue weighted by molar-refractivity contribution is 5.88. The van der Waals surface area contributed by atoms with Gasteiger partial charge in [0.25, 0.3) is 0 Å². The van der Waals surface area contributed by atoms with Crippen molar-refractivity contribution in [3.63, 3.8) is 0 Å². The largest absolute Gasteiger partial charge is 0.519 e. The maximum absolute atomic E-state index is 12.8. The number of ether oxygens (including phenoxy) is 4. The van der Waals surface area contributed by atoms with E-state index in [1.807, 2.05) is 72.8 Å². The summed E-state index contributed by atoms with van der Waals surface area (Å²) in [7, 11) is 3.21. The van der Waals surface area contributed by atoms with E-state index in [9.17, 15) is 14.4 Å². The molecule has 42 heavy (non-hydrogen) atoms. The fourth-order valence-electron chi connectivity index (χ4n) is 4.63. The Labute approximate surface area is 241 Å². The quantitative estimate of drug-likeness (QED) is 0.180. The second-order valence-electron chi connectivity index (χ2n) is 9.90. The van der Waals surface area contributed by atoms with Crippen LogP contribution in [0.2, 0.25) is 0 Å². The van der Waals surface area contributed by atoms with Crippen molar-refractivity contribution in [2.24, 2.45) is 0 Å². The number of carbonyl (C=O) groups is 2. The molecule has 0 saturated heterocycles. The highest BCUT2D eigenvalue weighted by atomic mass is 16.6. The summed E-state index contributed by atoms with van der Waals surface area (Å²) in [4.78, 5) is 37.5. The van der Waals surface area contributed by atoms with Gasteiger partial charge in [-0.05, 0) is 70.8 Å². The smallest absolute Gasteiger partial charge is 0.497 e. The van der Waals surface area contributed by atoms with E-state index in [2.05, 4.69) is 0 Å². The molecular formula is C33H30O9. The number of carbonyl (C=O) groups excluding carboxylic acids is 2. The van der Waals surface area contributed by atoms with Crippen molar-refractivity contribution in [3.05, 3.63) is 106 Å². The molecule has 5 rings (SSSR count). The van der Waals surface area contributed by atoms with Crippen LogP contribution < -0.4 is 15.3 Å². The van der Waals surface area contributed by atoms with Crippen molar-refractivity contribution < 1.29 is 37.4 Å². The molecule has 0 aliphatic heterocycles. The monoisotopic (exact) mass is 570 g/mol. The van der Waals surface area contributed by atoms with Crippen LogP contribution in [0.25, 0.3) is 21.5 Å². The van der Waals surface area contributed by atoms with Crippen LogP contribution in [0, 0.1) is 0 Å². The first-order chi connectivity index (χ1) is 20.2. The standard InChI is InChI=1S/C33H30O9/c1-19(21-5-7-25-15-27(37-3)11-9-23(25)13-21)31(34)39-17-29-30(42-33(36)41-29)18-40-32(35)20(2)22-6-8-26-16-28(38-4)12-10-24(26)14-22/h5-16,19-20H,17-18H2,1-4H3. The van der Waals surface area contributed by atoms with Gasteiger partial charge in [0.05, 0.1) is 26.1 Å². The lowest BCUT2D eigenvalue weighted by Gasteiger charge is -2.13. The van der Waals surface area contributed by atoms with Gasteiger partial charge in [0.15, 0.2) is 24.7 Å². The van der Waals surface area contributed by atoms with Gasteiger partial charge in [-0.15, -0.1) is 0 Å². The van der Waals surface area contributed by atoms with Gasteiger partial charge in [0.1, 0.15) is 11.5 Å². The molecule has 9 nitrogen and oxygen atoms in total. The molecule has 0 fully saturated rings. The van der Waals surface area contributed by atoms with Crippen LogP contribution in [0.5, 0.6) is 11.5 Å². The highest BCUT2D eigenvalue weighted by Gasteiger charge is 2.23. The molecule has 0 aliphatic carbocycles. The molecule has 0 aliphatic rings. The van der Waals surface area contributed by atoms with E-state index in [-0.39, 0.29) is 24.7 Å². The summed E-state index contributed by atoms with van der Waals surface area (Å²) in [5.74, 6) is -1.73. The predicted molar refractivity (Wildman–Crippen MR) is 155 cm³/mol. The van der Waals surface area contributed by atoms with Crippen LogP contribution in [-0.2, 0) is 32.3 Å². The summed E-state index contributed by atoms with van der Waals surface area (Å²) < 4.78 is 31.5. The second-order valence-corrected chi connectivity index (χ2v) is 9.90. The van der Waals surface area contributed by atoms with Crippen LogP contribution in [0.15, 0.2) is 86.4 Å². The Morgan fingerprint density at radius 3 is 1.40 bits per heavy atom. The van der Waals surface area contributed by atoms with Gasteiger partial charge in [-0.2, -0.15) is 0 Å². The van der Waals surface area contributed by atoms with Gasteiger partial charge in [-0.25, -0.2) is 4.79 Å². The summed E-state index contributed by atoms with van der Waals surface area (Å²) in [6.07, 6.45) is 0. The van der Waals surface area contributed by atoms with Gasteiger partial charge < -0.3 is 27.8 Å². The van der Waals surface area contributed by atoms with E-state index in [1.165, 1.54) is 0 Å². The number of fused-ring (bicyclic) bond motifs is 2. The van der Waals surface area contributed by atoms with E-state index in [1.54, 1.807) is 28.1 Å². The molecule has 216 valence electrons. The normalized spacial score (nSPS) is 12.6. The average Bonchev–Trinajstić information content (AvgIpc) is 3.39. The third kappa shape index (κ3) is 6.15. The Kier molecular flexibility index (Phi) is 8.28. The fourth-order valence-corrected chi connectivity index (χ4v) is 4.63. The summed E-state index contributed by atoms with van der Waals surface area (Å²) in [5.41, 5.74) is 1.53. The van der Waals surface area contributed by atoms with Crippen LogP contribution in [0.3, 0.4) is 0 Å². The Morgan fingerprint density at radius 1 is 0.619 bits per heavy atom. The zero-order valence-electron chi connectivity index (χ0n) is 23.7. The molecule has 0 N–H and O–H groups in total. The van der Waals surface area contributed by atoms with Crippen molar-refractivity contribution in [3.8, 4) is 11.5 Å². The lowest BCUT2D eigenvalue weighted by molar-refractivity contribution is -0.148. The number of esters is 2. The fraction of sp³-hybridized carbons (Fsp3) is 0.242. The summed E-state index contributed by atoms with van der Waals surface area (Å²) in [6.45, 7) is 2.75. The van der Waals surface area contributed by atoms with Crippen LogP contribution in [0.1, 0.15) is 48.3 Å². The number of methoxy groups -OCH3 is 2. The Bertz CT molecular complexity index is 1680. The van der Waals surface area contributed by atoms with Crippen molar-refractivity contribution in [2.75, 3.05) is 14.2 Å². The van der Waals surface area contributed by atoms with Crippen LogP contribution in [0.4, 0.5) is 0 Å². The molecule has 2 unspecified atom stereocenters. The van der Waals surface area contributed by atoms with E-state index >= 15 is 0 Å². The van der Waals surface area contributed by atoms with E-state index in [0.717, 1.165) is 44.2 Å². The Hall–Kier alpha value is -5.05. The molecule has 0 bridgehead atoms. The number of hydrogen-bond donors (Lipinski definition) is 0. The first-order valence-corrected chi connectivity index (χ1v) is 13.4. The average molecular weight is 571 g/mol. The molecule has 2 atom stereocenters. The molecule has 0 radical (unpaired) electrons. The first-order valence-electron chi connectivity index (χ1n) is 13.4. The third-order valence-corrected chi connectivity index (χ3v) is 7.27. The van der Waals surface area contributed by atoms with Gasteiger partial charge >= 0.3 is 17.8 Å². The molecule has 1 heterocycles. The Morgan fingerprint density at radius 2 is 1.00 bits per heavy atom. The minimum atomic E-state index is -0.983. The summed E-state index contributed by atoms with van der Waals surface area (Å²) >= 11 is 0. The zero-order chi connectivity index (χ0) is 29.8. The zero-order valence-corrected chi connectivity index (χ0v) is 23.7. The first kappa shape index (κ1) is 28.5. The number of benzene rings is 4. The maximum Gasteiger partial charge on any atom is 0.519 e. The second kappa shape index (κ2) is 12.2. The summed E-state index contributed by atoms with van der Waals surface area (Å²) in [6, 6.07) is 22.7. The molecule has 9 heteroatoms. The highest BCUT2D eigenvalue weighted by Crippen LogP contribution is 2.28.